The van der Waals surface area contributed by atoms with Crippen LogP contribution in [-0.2, 0) is 6.42 Å². The zero-order chi connectivity index (χ0) is 25.2. The van der Waals surface area contributed by atoms with E-state index >= 15 is 0 Å². The first kappa shape index (κ1) is 26.8. The number of halogens is 1. The minimum absolute atomic E-state index is 0.246. The van der Waals surface area contributed by atoms with Gasteiger partial charge in [0.2, 0.25) is 0 Å². The number of hydrogen-bond acceptors (Lipinski definition) is 6. The Bertz CT molecular complexity index is 1100. The molecular formula is C28H37FN4OS. The van der Waals surface area contributed by atoms with Crippen molar-refractivity contribution in [2.45, 2.75) is 65.3 Å². The molecule has 2 aliphatic carbocycles. The van der Waals surface area contributed by atoms with Gasteiger partial charge >= 0.3 is 0 Å². The first-order chi connectivity index (χ1) is 17.2. The van der Waals surface area contributed by atoms with E-state index < -0.39 is 0 Å². The van der Waals surface area contributed by atoms with Gasteiger partial charge in [0.15, 0.2) is 0 Å². The maximum atomic E-state index is 13.3. The van der Waals surface area contributed by atoms with Gasteiger partial charge in [-0.15, -0.1) is 11.3 Å². The van der Waals surface area contributed by atoms with Gasteiger partial charge in [0.25, 0.3) is 0 Å². The van der Waals surface area contributed by atoms with Crippen LogP contribution in [0.15, 0.2) is 42.6 Å². The van der Waals surface area contributed by atoms with Crippen LogP contribution < -0.4 is 10.6 Å². The summed E-state index contributed by atoms with van der Waals surface area (Å²) < 4.78 is 13.3. The van der Waals surface area contributed by atoms with Crippen LogP contribution in [0.3, 0.4) is 0 Å². The first-order valence-electron chi connectivity index (χ1n) is 12.6. The molecule has 5 rings (SSSR count). The SMILES string of the molecule is CC.CCC1CCC(Nc2cc(Nc3ccc(F)cc3)ncc2-c2nc3c(s2)CCC=C3)C1.CO. The number of allylic oxidation sites excluding steroid dienone is 1. The fourth-order valence-corrected chi connectivity index (χ4v) is 5.58. The molecule has 3 aromatic rings. The van der Waals surface area contributed by atoms with Gasteiger partial charge in [-0.25, -0.2) is 14.4 Å². The number of thiazole rings is 1. The molecular weight excluding hydrogens is 459 g/mol. The third kappa shape index (κ3) is 6.89. The number of nitrogens with one attached hydrogen (secondary N) is 2. The molecule has 2 atom stereocenters. The molecule has 1 saturated carbocycles. The summed E-state index contributed by atoms with van der Waals surface area (Å²) in [5, 5.41) is 15.1. The third-order valence-corrected chi connectivity index (χ3v) is 7.43. The van der Waals surface area contributed by atoms with Crippen molar-refractivity contribution < 1.29 is 9.50 Å². The Hall–Kier alpha value is -2.77. The molecule has 35 heavy (non-hydrogen) atoms. The molecule has 2 heterocycles. The Balaban J connectivity index is 0.000000815. The lowest BCUT2D eigenvalue weighted by Crippen LogP contribution is -2.16. The van der Waals surface area contributed by atoms with Crippen LogP contribution in [0.25, 0.3) is 16.6 Å². The van der Waals surface area contributed by atoms with Gasteiger partial charge in [-0.05, 0) is 68.4 Å². The number of rotatable bonds is 6. The molecule has 188 valence electrons. The van der Waals surface area contributed by atoms with Gasteiger partial charge in [-0.2, -0.15) is 0 Å². The van der Waals surface area contributed by atoms with E-state index in [-0.39, 0.29) is 5.82 Å². The fraction of sp³-hybridized carbons (Fsp3) is 0.429. The number of nitrogens with zero attached hydrogens (tertiary/aromatic N) is 2. The van der Waals surface area contributed by atoms with Crippen molar-refractivity contribution in [2.75, 3.05) is 17.7 Å². The van der Waals surface area contributed by atoms with E-state index in [0.717, 1.165) is 59.3 Å². The lowest BCUT2D eigenvalue weighted by Gasteiger charge is -2.18. The molecule has 0 bridgehead atoms. The van der Waals surface area contributed by atoms with Gasteiger partial charge in [0.1, 0.15) is 16.6 Å². The molecule has 2 unspecified atom stereocenters. The van der Waals surface area contributed by atoms with Crippen LogP contribution in [0.5, 0.6) is 0 Å². The van der Waals surface area contributed by atoms with E-state index in [1.165, 1.54) is 42.7 Å². The Morgan fingerprint density at radius 1 is 1.14 bits per heavy atom. The van der Waals surface area contributed by atoms with Crippen LogP contribution in [0.4, 0.5) is 21.6 Å². The molecule has 0 saturated heterocycles. The van der Waals surface area contributed by atoms with E-state index in [1.807, 2.05) is 20.0 Å². The van der Waals surface area contributed by atoms with Crippen molar-refractivity contribution in [1.82, 2.24) is 9.97 Å². The maximum absolute atomic E-state index is 13.3. The fourth-order valence-electron chi connectivity index (χ4n) is 4.49. The van der Waals surface area contributed by atoms with E-state index in [9.17, 15) is 4.39 Å². The number of pyridine rings is 1. The van der Waals surface area contributed by atoms with Gasteiger partial charge < -0.3 is 15.7 Å². The number of hydrogen-bond donors (Lipinski definition) is 3. The number of benzene rings is 1. The van der Waals surface area contributed by atoms with Crippen LogP contribution in [0.2, 0.25) is 0 Å². The number of aromatic nitrogens is 2. The summed E-state index contributed by atoms with van der Waals surface area (Å²) in [5.41, 5.74) is 4.03. The topological polar surface area (TPSA) is 70.1 Å². The second-order valence-corrected chi connectivity index (χ2v) is 9.53. The van der Waals surface area contributed by atoms with Gasteiger partial charge in [0.05, 0.1) is 11.3 Å². The monoisotopic (exact) mass is 496 g/mol. The second kappa shape index (κ2) is 13.4. The van der Waals surface area contributed by atoms with Crippen LogP contribution >= 0.6 is 11.3 Å². The summed E-state index contributed by atoms with van der Waals surface area (Å²) in [6, 6.07) is 8.89. The summed E-state index contributed by atoms with van der Waals surface area (Å²) >= 11 is 1.77. The summed E-state index contributed by atoms with van der Waals surface area (Å²) in [6.45, 7) is 6.28. The minimum atomic E-state index is -0.246. The zero-order valence-corrected chi connectivity index (χ0v) is 22.0. The molecule has 2 aromatic heterocycles. The summed E-state index contributed by atoms with van der Waals surface area (Å²) in [4.78, 5) is 10.9. The van der Waals surface area contributed by atoms with Crippen molar-refractivity contribution in [3.05, 3.63) is 59.0 Å². The molecule has 1 aromatic carbocycles. The number of anilines is 3. The lowest BCUT2D eigenvalue weighted by atomic mass is 10.1. The molecule has 5 nitrogen and oxygen atoms in total. The number of fused-ring (bicyclic) bond motifs is 1. The Kier molecular flexibility index (Phi) is 10.2. The standard InChI is InChI=1S/C25H27FN4S.C2H6.CH4O/c1-2-16-7-10-19(13-16)28-22-14-24(29-18-11-8-17(26)9-12-18)27-15-20(22)25-30-21-5-3-4-6-23(21)31-25;2*1-2/h3,5,8-9,11-12,14-16,19H,2,4,6-7,10,13H2,1H3,(H2,27,28,29);1-2H3;2H,1H3. The molecule has 0 amide bonds. The number of aliphatic hydroxyl groups excluding tert-OH is 1. The summed E-state index contributed by atoms with van der Waals surface area (Å²) in [5.74, 6) is 1.30. The normalized spacial score (nSPS) is 18.0. The van der Waals surface area contributed by atoms with E-state index in [1.54, 1.807) is 23.5 Å². The highest BCUT2D eigenvalue weighted by atomic mass is 32.1. The largest absolute Gasteiger partial charge is 0.400 e. The second-order valence-electron chi connectivity index (χ2n) is 8.44. The Morgan fingerprint density at radius 2 is 1.91 bits per heavy atom. The van der Waals surface area contributed by atoms with Crippen molar-refractivity contribution in [3.63, 3.8) is 0 Å². The lowest BCUT2D eigenvalue weighted by molar-refractivity contribution is 0.399. The molecule has 3 N–H and O–H groups in total. The minimum Gasteiger partial charge on any atom is -0.400 e. The van der Waals surface area contributed by atoms with Crippen LogP contribution in [-0.4, -0.2) is 28.2 Å². The third-order valence-electron chi connectivity index (χ3n) is 6.27. The molecule has 0 radical (unpaired) electrons. The molecule has 7 heteroatoms. The van der Waals surface area contributed by atoms with Crippen molar-refractivity contribution in [1.29, 1.82) is 0 Å². The van der Waals surface area contributed by atoms with Gasteiger partial charge in [0, 0.05) is 41.7 Å². The Morgan fingerprint density at radius 3 is 2.60 bits per heavy atom. The van der Waals surface area contributed by atoms with Crippen molar-refractivity contribution in [2.24, 2.45) is 5.92 Å². The summed E-state index contributed by atoms with van der Waals surface area (Å²) in [6.07, 6.45) is 13.3. The average molecular weight is 497 g/mol. The highest BCUT2D eigenvalue weighted by Crippen LogP contribution is 2.38. The molecule has 2 aliphatic rings. The maximum Gasteiger partial charge on any atom is 0.132 e. The van der Waals surface area contributed by atoms with Gasteiger partial charge in [-0.1, -0.05) is 33.3 Å². The number of aryl methyl sites for hydroxylation is 1. The van der Waals surface area contributed by atoms with Crippen molar-refractivity contribution >= 4 is 34.6 Å². The smallest absolute Gasteiger partial charge is 0.132 e. The van der Waals surface area contributed by atoms with Gasteiger partial charge in [-0.3, -0.25) is 0 Å². The predicted octanol–water partition coefficient (Wildman–Crippen LogP) is 7.67. The highest BCUT2D eigenvalue weighted by molar-refractivity contribution is 7.15. The summed E-state index contributed by atoms with van der Waals surface area (Å²) in [7, 11) is 1.00. The molecule has 0 aliphatic heterocycles. The highest BCUT2D eigenvalue weighted by Gasteiger charge is 2.25. The Labute approximate surface area is 212 Å². The number of aliphatic hydroxyl groups is 1. The zero-order valence-electron chi connectivity index (χ0n) is 21.1. The van der Waals surface area contributed by atoms with Crippen LogP contribution in [0.1, 0.15) is 63.4 Å². The van der Waals surface area contributed by atoms with E-state index in [2.05, 4.69) is 40.8 Å². The first-order valence-corrected chi connectivity index (χ1v) is 13.4. The van der Waals surface area contributed by atoms with E-state index in [4.69, 9.17) is 10.1 Å². The quantitative estimate of drug-likeness (QED) is 0.327. The molecule has 0 spiro atoms. The van der Waals surface area contributed by atoms with Crippen molar-refractivity contribution in [3.8, 4) is 10.6 Å². The van der Waals surface area contributed by atoms with E-state index in [0.29, 0.717) is 6.04 Å². The average Bonchev–Trinajstić information content (AvgIpc) is 3.55. The van der Waals surface area contributed by atoms with Crippen LogP contribution in [0, 0.1) is 11.7 Å². The molecule has 1 fully saturated rings. The predicted molar refractivity (Wildman–Crippen MR) is 147 cm³/mol.